The first-order valence-corrected chi connectivity index (χ1v) is 11.8. The molecule has 0 amide bonds. The molecule has 168 valence electrons. The maximum absolute atomic E-state index is 6.06. The van der Waals surface area contributed by atoms with E-state index in [1.54, 1.807) is 0 Å². The van der Waals surface area contributed by atoms with Crippen LogP contribution in [0.15, 0.2) is 48.5 Å². The summed E-state index contributed by atoms with van der Waals surface area (Å²) < 4.78 is 7.90. The maximum atomic E-state index is 6.06. The van der Waals surface area contributed by atoms with Crippen molar-refractivity contribution in [3.8, 4) is 11.3 Å². The summed E-state index contributed by atoms with van der Waals surface area (Å²) in [5.74, 6) is 2.53. The summed E-state index contributed by atoms with van der Waals surface area (Å²) in [4.78, 5) is 16.7. The highest BCUT2D eigenvalue weighted by Crippen LogP contribution is 2.39. The molecule has 2 aromatic carbocycles. The van der Waals surface area contributed by atoms with Gasteiger partial charge in [0.1, 0.15) is 11.6 Å². The Kier molecular flexibility index (Phi) is 5.15. The van der Waals surface area contributed by atoms with Crippen LogP contribution in [0.25, 0.3) is 22.3 Å². The summed E-state index contributed by atoms with van der Waals surface area (Å²) in [6.45, 7) is 5.00. The van der Waals surface area contributed by atoms with Crippen molar-refractivity contribution in [2.24, 2.45) is 0 Å². The molecule has 0 bridgehead atoms. The van der Waals surface area contributed by atoms with Crippen molar-refractivity contribution in [2.45, 2.75) is 25.8 Å². The smallest absolute Gasteiger partial charge is 0.228 e. The molecular formula is C25H25ClN6O. The molecule has 6 rings (SSSR count). The van der Waals surface area contributed by atoms with Gasteiger partial charge in [-0.3, -0.25) is 0 Å². The van der Waals surface area contributed by atoms with E-state index >= 15 is 0 Å². The molecule has 2 fully saturated rings. The van der Waals surface area contributed by atoms with Gasteiger partial charge in [0.2, 0.25) is 5.95 Å². The quantitative estimate of drug-likeness (QED) is 0.432. The van der Waals surface area contributed by atoms with Crippen LogP contribution in [-0.2, 0) is 4.74 Å². The Morgan fingerprint density at radius 2 is 1.76 bits per heavy atom. The van der Waals surface area contributed by atoms with Crippen molar-refractivity contribution in [3.05, 3.63) is 59.4 Å². The molecule has 0 radical (unpaired) electrons. The molecule has 1 saturated carbocycles. The first-order valence-electron chi connectivity index (χ1n) is 11.4. The van der Waals surface area contributed by atoms with Gasteiger partial charge in [0, 0.05) is 41.5 Å². The van der Waals surface area contributed by atoms with E-state index in [0.717, 1.165) is 47.2 Å². The highest BCUT2D eigenvalue weighted by atomic mass is 35.5. The van der Waals surface area contributed by atoms with Gasteiger partial charge in [0.05, 0.1) is 29.9 Å². The molecule has 1 N–H and O–H groups in total. The van der Waals surface area contributed by atoms with Crippen LogP contribution in [-0.4, -0.2) is 45.8 Å². The van der Waals surface area contributed by atoms with Gasteiger partial charge in [0.15, 0.2) is 0 Å². The highest BCUT2D eigenvalue weighted by molar-refractivity contribution is 6.30. The van der Waals surface area contributed by atoms with Gasteiger partial charge in [-0.15, -0.1) is 0 Å². The van der Waals surface area contributed by atoms with E-state index in [9.17, 15) is 0 Å². The number of imidazole rings is 1. The zero-order valence-electron chi connectivity index (χ0n) is 18.5. The summed E-state index contributed by atoms with van der Waals surface area (Å²) in [5, 5.41) is 4.12. The summed E-state index contributed by atoms with van der Waals surface area (Å²) in [6, 6.07) is 16.6. The van der Waals surface area contributed by atoms with Crippen LogP contribution in [0.4, 0.5) is 17.5 Å². The number of hydrogen-bond donors (Lipinski definition) is 1. The van der Waals surface area contributed by atoms with Gasteiger partial charge < -0.3 is 19.5 Å². The Labute approximate surface area is 197 Å². The van der Waals surface area contributed by atoms with Gasteiger partial charge in [0.25, 0.3) is 0 Å². The summed E-state index contributed by atoms with van der Waals surface area (Å²) in [5.41, 5.74) is 5.07. The summed E-state index contributed by atoms with van der Waals surface area (Å²) >= 11 is 6.06. The van der Waals surface area contributed by atoms with Crippen molar-refractivity contribution in [3.63, 3.8) is 0 Å². The Morgan fingerprint density at radius 1 is 0.970 bits per heavy atom. The monoisotopic (exact) mass is 460 g/mol. The second kappa shape index (κ2) is 8.32. The van der Waals surface area contributed by atoms with Crippen LogP contribution in [0.2, 0.25) is 5.02 Å². The van der Waals surface area contributed by atoms with E-state index in [1.165, 1.54) is 18.4 Å². The lowest BCUT2D eigenvalue weighted by Gasteiger charge is -2.27. The van der Waals surface area contributed by atoms with Crippen molar-refractivity contribution < 1.29 is 4.74 Å². The van der Waals surface area contributed by atoms with Crippen LogP contribution in [0.5, 0.6) is 0 Å². The van der Waals surface area contributed by atoms with Gasteiger partial charge in [-0.05, 0) is 56.2 Å². The van der Waals surface area contributed by atoms with Crippen molar-refractivity contribution in [2.75, 3.05) is 36.5 Å². The zero-order valence-corrected chi connectivity index (χ0v) is 19.2. The fourth-order valence-electron chi connectivity index (χ4n) is 4.40. The van der Waals surface area contributed by atoms with E-state index in [1.807, 2.05) is 30.3 Å². The number of aromatic nitrogens is 4. The fourth-order valence-corrected chi connectivity index (χ4v) is 4.52. The third-order valence-electron chi connectivity index (χ3n) is 6.20. The molecule has 0 atom stereocenters. The van der Waals surface area contributed by atoms with Gasteiger partial charge in [-0.2, -0.15) is 4.98 Å². The first-order chi connectivity index (χ1) is 16.1. The number of morpholine rings is 1. The highest BCUT2D eigenvalue weighted by Gasteiger charge is 2.27. The lowest BCUT2D eigenvalue weighted by Crippen LogP contribution is -2.37. The normalized spacial score (nSPS) is 16.4. The largest absolute Gasteiger partial charge is 0.378 e. The fraction of sp³-hybridized carbons (Fsp3) is 0.320. The average Bonchev–Trinajstić information content (AvgIpc) is 3.62. The molecule has 1 saturated heterocycles. The van der Waals surface area contributed by atoms with E-state index in [4.69, 9.17) is 31.3 Å². The number of aryl methyl sites for hydroxylation is 1. The molecule has 2 aromatic heterocycles. The minimum atomic E-state index is 0.571. The van der Waals surface area contributed by atoms with Crippen LogP contribution in [0.1, 0.15) is 24.7 Å². The summed E-state index contributed by atoms with van der Waals surface area (Å²) in [7, 11) is 0. The van der Waals surface area contributed by atoms with E-state index in [0.29, 0.717) is 30.2 Å². The summed E-state index contributed by atoms with van der Waals surface area (Å²) in [6.07, 6.45) is 2.45. The number of rotatable bonds is 5. The predicted molar refractivity (Wildman–Crippen MR) is 132 cm³/mol. The molecule has 0 unspecified atom stereocenters. The number of ether oxygens (including phenoxy) is 1. The Balaban J connectivity index is 1.43. The van der Waals surface area contributed by atoms with Crippen molar-refractivity contribution in [1.29, 1.82) is 0 Å². The number of nitrogens with zero attached hydrogens (tertiary/aromatic N) is 5. The molecule has 2 aliphatic rings. The lowest BCUT2D eigenvalue weighted by molar-refractivity contribution is 0.122. The average molecular weight is 461 g/mol. The minimum Gasteiger partial charge on any atom is -0.378 e. The molecule has 1 aliphatic carbocycles. The molecule has 8 heteroatoms. The van der Waals surface area contributed by atoms with Crippen LogP contribution >= 0.6 is 11.6 Å². The van der Waals surface area contributed by atoms with E-state index in [2.05, 4.69) is 39.9 Å². The molecule has 7 nitrogen and oxygen atoms in total. The number of fused-ring (bicyclic) bond motifs is 1. The lowest BCUT2D eigenvalue weighted by atomic mass is 10.1. The second-order valence-corrected chi connectivity index (χ2v) is 9.07. The molecule has 3 heterocycles. The molecular weight excluding hydrogens is 436 g/mol. The maximum Gasteiger partial charge on any atom is 0.228 e. The van der Waals surface area contributed by atoms with Crippen molar-refractivity contribution in [1.82, 2.24) is 19.5 Å². The van der Waals surface area contributed by atoms with Gasteiger partial charge in [-0.1, -0.05) is 17.7 Å². The van der Waals surface area contributed by atoms with Gasteiger partial charge >= 0.3 is 0 Å². The number of anilines is 3. The van der Waals surface area contributed by atoms with Crippen LogP contribution < -0.4 is 10.2 Å². The molecule has 1 aliphatic heterocycles. The topological polar surface area (TPSA) is 68.1 Å². The van der Waals surface area contributed by atoms with E-state index in [-0.39, 0.29) is 0 Å². The third kappa shape index (κ3) is 4.14. The van der Waals surface area contributed by atoms with Crippen LogP contribution in [0, 0.1) is 6.92 Å². The standard InChI is InChI=1S/C25H25ClN6O/c1-16-27-21-9-2-17(14-23(21)32(16)20-7-8-20)22-15-24(28-19-5-3-18(26)4-6-19)30-25(29-22)31-10-12-33-13-11-31/h2-6,9,14-15,20H,7-8,10-13H2,1H3,(H,28,29,30). The Bertz CT molecular complexity index is 1310. The second-order valence-electron chi connectivity index (χ2n) is 8.63. The molecule has 0 spiro atoms. The predicted octanol–water partition coefficient (Wildman–Crippen LogP) is 5.37. The number of benzene rings is 2. The molecule has 33 heavy (non-hydrogen) atoms. The SMILES string of the molecule is Cc1nc2ccc(-c3cc(Nc4ccc(Cl)cc4)nc(N4CCOCC4)n3)cc2n1C1CC1. The third-order valence-corrected chi connectivity index (χ3v) is 6.45. The number of halogens is 1. The van der Waals surface area contributed by atoms with E-state index < -0.39 is 0 Å². The van der Waals surface area contributed by atoms with Crippen molar-refractivity contribution >= 4 is 40.1 Å². The Hall–Kier alpha value is -3.16. The minimum absolute atomic E-state index is 0.571. The number of nitrogens with one attached hydrogen (secondary N) is 1. The number of hydrogen-bond acceptors (Lipinski definition) is 6. The van der Waals surface area contributed by atoms with Gasteiger partial charge in [-0.25, -0.2) is 9.97 Å². The zero-order chi connectivity index (χ0) is 22.4. The molecule has 4 aromatic rings. The van der Waals surface area contributed by atoms with Crippen LogP contribution in [0.3, 0.4) is 0 Å². The Morgan fingerprint density at radius 3 is 2.52 bits per heavy atom. The first kappa shape index (κ1) is 20.4.